The lowest BCUT2D eigenvalue weighted by Crippen LogP contribution is -2.44. The molecule has 0 saturated carbocycles. The third-order valence-corrected chi connectivity index (χ3v) is 5.83. The third-order valence-electron chi connectivity index (χ3n) is 5.83. The normalized spacial score (nSPS) is 14.2. The van der Waals surface area contributed by atoms with Crippen molar-refractivity contribution in [3.8, 4) is 0 Å². The standard InChI is InChI=1S/C25H31F2N3O2/c26-21-11-7-19(8-12-21)23(20-9-13-22(27)14-10-20)6-5-15-28-24(31)18-29-25(32)30-16-3-1-2-4-17-30/h7-14,23H,1-6,15-18H2,(H,28,31)(H,29,32). The molecule has 3 amide bonds. The zero-order valence-electron chi connectivity index (χ0n) is 18.3. The number of halogens is 2. The Bertz CT molecular complexity index is 818. The third kappa shape index (κ3) is 7.32. The van der Waals surface area contributed by atoms with Crippen molar-refractivity contribution in [1.82, 2.24) is 15.5 Å². The number of likely N-dealkylation sites (tertiary alicyclic amines) is 1. The van der Waals surface area contributed by atoms with E-state index in [1.54, 1.807) is 29.2 Å². The van der Waals surface area contributed by atoms with Crippen LogP contribution in [0.3, 0.4) is 0 Å². The highest BCUT2D eigenvalue weighted by atomic mass is 19.1. The molecule has 1 saturated heterocycles. The fourth-order valence-electron chi connectivity index (χ4n) is 4.05. The Kier molecular flexibility index (Phi) is 9.01. The van der Waals surface area contributed by atoms with Gasteiger partial charge in [0.05, 0.1) is 6.54 Å². The monoisotopic (exact) mass is 443 g/mol. The maximum atomic E-state index is 13.3. The highest BCUT2D eigenvalue weighted by Crippen LogP contribution is 2.29. The van der Waals surface area contributed by atoms with Crippen molar-refractivity contribution < 1.29 is 18.4 Å². The summed E-state index contributed by atoms with van der Waals surface area (Å²) in [5.74, 6) is -0.869. The van der Waals surface area contributed by atoms with Crippen LogP contribution in [-0.4, -0.2) is 43.0 Å². The molecule has 2 N–H and O–H groups in total. The van der Waals surface area contributed by atoms with Crippen LogP contribution in [0, 0.1) is 11.6 Å². The van der Waals surface area contributed by atoms with Gasteiger partial charge < -0.3 is 15.5 Å². The number of rotatable bonds is 8. The lowest BCUT2D eigenvalue weighted by Gasteiger charge is -2.20. The summed E-state index contributed by atoms with van der Waals surface area (Å²) in [5, 5.41) is 5.53. The number of hydrogen-bond acceptors (Lipinski definition) is 2. The molecule has 0 spiro atoms. The summed E-state index contributed by atoms with van der Waals surface area (Å²) in [4.78, 5) is 26.1. The Morgan fingerprint density at radius 3 is 1.88 bits per heavy atom. The highest BCUT2D eigenvalue weighted by molar-refractivity contribution is 5.83. The minimum absolute atomic E-state index is 0.0316. The van der Waals surface area contributed by atoms with Gasteiger partial charge in [-0.15, -0.1) is 0 Å². The van der Waals surface area contributed by atoms with Crippen LogP contribution in [0.5, 0.6) is 0 Å². The number of nitrogens with one attached hydrogen (secondary N) is 2. The van der Waals surface area contributed by atoms with Crippen LogP contribution < -0.4 is 10.6 Å². The molecule has 7 heteroatoms. The van der Waals surface area contributed by atoms with E-state index in [0.717, 1.165) is 49.9 Å². The smallest absolute Gasteiger partial charge is 0.317 e. The van der Waals surface area contributed by atoms with Crippen LogP contribution in [0.25, 0.3) is 0 Å². The van der Waals surface area contributed by atoms with Gasteiger partial charge >= 0.3 is 6.03 Å². The van der Waals surface area contributed by atoms with Crippen molar-refractivity contribution in [3.63, 3.8) is 0 Å². The molecule has 0 atom stereocenters. The van der Waals surface area contributed by atoms with Gasteiger partial charge in [-0.25, -0.2) is 13.6 Å². The number of urea groups is 1. The Labute approximate surface area is 188 Å². The van der Waals surface area contributed by atoms with E-state index in [1.807, 2.05) is 0 Å². The van der Waals surface area contributed by atoms with E-state index in [4.69, 9.17) is 0 Å². The van der Waals surface area contributed by atoms with E-state index < -0.39 is 0 Å². The van der Waals surface area contributed by atoms with E-state index >= 15 is 0 Å². The van der Waals surface area contributed by atoms with Crippen molar-refractivity contribution in [1.29, 1.82) is 0 Å². The Morgan fingerprint density at radius 1 is 0.812 bits per heavy atom. The average molecular weight is 444 g/mol. The van der Waals surface area contributed by atoms with E-state index in [0.29, 0.717) is 19.4 Å². The van der Waals surface area contributed by atoms with Gasteiger partial charge in [0.2, 0.25) is 5.91 Å². The molecule has 1 aliphatic heterocycles. The Balaban J connectivity index is 1.45. The molecule has 0 aliphatic carbocycles. The van der Waals surface area contributed by atoms with Gasteiger partial charge in [0.1, 0.15) is 11.6 Å². The second kappa shape index (κ2) is 12.2. The van der Waals surface area contributed by atoms with E-state index in [-0.39, 0.29) is 36.0 Å². The summed E-state index contributed by atoms with van der Waals surface area (Å²) in [6, 6.07) is 12.4. The minimum Gasteiger partial charge on any atom is -0.355 e. The van der Waals surface area contributed by atoms with Crippen molar-refractivity contribution in [2.45, 2.75) is 44.4 Å². The predicted octanol–water partition coefficient (Wildman–Crippen LogP) is 4.58. The van der Waals surface area contributed by atoms with E-state index in [2.05, 4.69) is 10.6 Å². The first-order valence-electron chi connectivity index (χ1n) is 11.3. The Hall–Kier alpha value is -2.96. The van der Waals surface area contributed by atoms with Gasteiger partial charge in [-0.3, -0.25) is 4.79 Å². The molecule has 2 aromatic carbocycles. The van der Waals surface area contributed by atoms with Crippen molar-refractivity contribution in [2.24, 2.45) is 0 Å². The van der Waals surface area contributed by atoms with Crippen molar-refractivity contribution >= 4 is 11.9 Å². The van der Waals surface area contributed by atoms with Gasteiger partial charge in [-0.1, -0.05) is 37.1 Å². The first kappa shape index (κ1) is 23.7. The van der Waals surface area contributed by atoms with Gasteiger partial charge in [0.15, 0.2) is 0 Å². The first-order chi connectivity index (χ1) is 15.5. The molecule has 1 heterocycles. The molecule has 32 heavy (non-hydrogen) atoms. The molecule has 5 nitrogen and oxygen atoms in total. The van der Waals surface area contributed by atoms with Gasteiger partial charge in [-0.2, -0.15) is 0 Å². The summed E-state index contributed by atoms with van der Waals surface area (Å²) in [7, 11) is 0. The minimum atomic E-state index is -0.305. The molecule has 1 aliphatic rings. The summed E-state index contributed by atoms with van der Waals surface area (Å²) in [6.45, 7) is 1.88. The number of hydrogen-bond donors (Lipinski definition) is 2. The lowest BCUT2D eigenvalue weighted by atomic mass is 9.87. The maximum Gasteiger partial charge on any atom is 0.317 e. The van der Waals surface area contributed by atoms with Crippen molar-refractivity contribution in [2.75, 3.05) is 26.2 Å². The first-order valence-corrected chi connectivity index (χ1v) is 11.3. The van der Waals surface area contributed by atoms with Gasteiger partial charge in [-0.05, 0) is 61.1 Å². The fraction of sp³-hybridized carbons (Fsp3) is 0.440. The summed E-state index contributed by atoms with van der Waals surface area (Å²) in [6.07, 6.45) is 5.68. The molecule has 2 aromatic rings. The number of nitrogens with zero attached hydrogens (tertiary/aromatic N) is 1. The zero-order valence-corrected chi connectivity index (χ0v) is 18.3. The molecule has 0 bridgehead atoms. The average Bonchev–Trinajstić information content (AvgIpc) is 3.09. The van der Waals surface area contributed by atoms with Crippen LogP contribution in [0.15, 0.2) is 48.5 Å². The molecular formula is C25H31F2N3O2. The zero-order chi connectivity index (χ0) is 22.8. The topological polar surface area (TPSA) is 61.4 Å². The van der Waals surface area contributed by atoms with Crippen LogP contribution >= 0.6 is 0 Å². The van der Waals surface area contributed by atoms with Crippen LogP contribution in [0.4, 0.5) is 13.6 Å². The fourth-order valence-corrected chi connectivity index (χ4v) is 4.05. The van der Waals surface area contributed by atoms with Crippen molar-refractivity contribution in [3.05, 3.63) is 71.3 Å². The SMILES string of the molecule is O=C(CNC(=O)N1CCCCCC1)NCCCC(c1ccc(F)cc1)c1ccc(F)cc1. The number of carbonyl (C=O) groups excluding carboxylic acids is 2. The van der Waals surface area contributed by atoms with Crippen LogP contribution in [-0.2, 0) is 4.79 Å². The summed E-state index contributed by atoms with van der Waals surface area (Å²) in [5.41, 5.74) is 1.88. The van der Waals surface area contributed by atoms with E-state index in [9.17, 15) is 18.4 Å². The number of amides is 3. The second-order valence-corrected chi connectivity index (χ2v) is 8.21. The molecule has 0 unspecified atom stereocenters. The van der Waals surface area contributed by atoms with E-state index in [1.165, 1.54) is 24.3 Å². The molecule has 172 valence electrons. The molecule has 0 aromatic heterocycles. The summed E-state index contributed by atoms with van der Waals surface area (Å²) >= 11 is 0. The molecule has 3 rings (SSSR count). The molecular weight excluding hydrogens is 412 g/mol. The van der Waals surface area contributed by atoms with Crippen LogP contribution in [0.2, 0.25) is 0 Å². The van der Waals surface area contributed by atoms with Crippen LogP contribution in [0.1, 0.15) is 55.6 Å². The van der Waals surface area contributed by atoms with Gasteiger partial charge in [0, 0.05) is 25.6 Å². The summed E-state index contributed by atoms with van der Waals surface area (Å²) < 4.78 is 26.7. The second-order valence-electron chi connectivity index (χ2n) is 8.21. The number of benzene rings is 2. The largest absolute Gasteiger partial charge is 0.355 e. The number of carbonyl (C=O) groups is 2. The Morgan fingerprint density at radius 2 is 1.34 bits per heavy atom. The maximum absolute atomic E-state index is 13.3. The molecule has 1 fully saturated rings. The highest BCUT2D eigenvalue weighted by Gasteiger charge is 2.17. The van der Waals surface area contributed by atoms with Gasteiger partial charge in [0.25, 0.3) is 0 Å². The predicted molar refractivity (Wildman–Crippen MR) is 120 cm³/mol. The molecule has 0 radical (unpaired) electrons. The quantitative estimate of drug-likeness (QED) is 0.587. The lowest BCUT2D eigenvalue weighted by molar-refractivity contribution is -0.120.